The predicted molar refractivity (Wildman–Crippen MR) is 59.5 cm³/mol. The van der Waals surface area contributed by atoms with Gasteiger partial charge in [-0.3, -0.25) is 10.1 Å². The Morgan fingerprint density at radius 1 is 1.53 bits per heavy atom. The molecule has 2 rings (SSSR count). The zero-order chi connectivity index (χ0) is 13.8. The van der Waals surface area contributed by atoms with E-state index < -0.39 is 10.9 Å². The first-order valence-corrected chi connectivity index (χ1v) is 4.96. The topological polar surface area (TPSA) is 144 Å². The molecule has 0 unspecified atom stereocenters. The van der Waals surface area contributed by atoms with Crippen LogP contribution in [0.15, 0.2) is 23.0 Å². The summed E-state index contributed by atoms with van der Waals surface area (Å²) < 4.78 is 4.49. The number of carboxylic acids is 1. The second-order valence-corrected chi connectivity index (χ2v) is 3.33. The van der Waals surface area contributed by atoms with Gasteiger partial charge in [-0.2, -0.15) is 4.98 Å². The zero-order valence-corrected chi connectivity index (χ0v) is 9.31. The van der Waals surface area contributed by atoms with Gasteiger partial charge in [-0.05, 0) is 6.07 Å². The maximum atomic E-state index is 10.8. The average molecular weight is 265 g/mol. The van der Waals surface area contributed by atoms with Crippen LogP contribution in [0.4, 0.5) is 11.5 Å². The molecule has 2 aromatic rings. The van der Waals surface area contributed by atoms with E-state index in [1.165, 1.54) is 0 Å². The van der Waals surface area contributed by atoms with Crippen LogP contribution in [0.1, 0.15) is 16.3 Å². The molecule has 2 aromatic heterocycles. The van der Waals surface area contributed by atoms with E-state index in [-0.39, 0.29) is 29.6 Å². The Balaban J connectivity index is 2.27. The summed E-state index contributed by atoms with van der Waals surface area (Å²) in [4.78, 5) is 28.3. The standard InChI is InChI=1S/C9H7N5O5/c15-9(16)5-1-2-6(14(17)18)8(12-5)10-3-7-11-4-19-13-7/h1-2,4H,3H2,(H,10,12)(H,15,16). The molecular weight excluding hydrogens is 258 g/mol. The number of carboxylic acid groups (broad SMARTS) is 1. The molecule has 0 amide bonds. The van der Waals surface area contributed by atoms with Gasteiger partial charge in [-0.25, -0.2) is 9.78 Å². The highest BCUT2D eigenvalue weighted by Gasteiger charge is 2.18. The number of nitro groups is 1. The molecule has 10 heteroatoms. The van der Waals surface area contributed by atoms with Crippen molar-refractivity contribution in [1.82, 2.24) is 15.1 Å². The fourth-order valence-corrected chi connectivity index (χ4v) is 1.28. The molecule has 0 atom stereocenters. The molecule has 19 heavy (non-hydrogen) atoms. The van der Waals surface area contributed by atoms with Crippen LogP contribution in [0, 0.1) is 10.1 Å². The summed E-state index contributed by atoms with van der Waals surface area (Å²) in [5, 5.41) is 25.7. The van der Waals surface area contributed by atoms with Crippen LogP contribution in [-0.2, 0) is 6.54 Å². The van der Waals surface area contributed by atoms with Gasteiger partial charge >= 0.3 is 11.7 Å². The smallest absolute Gasteiger partial charge is 0.354 e. The quantitative estimate of drug-likeness (QED) is 0.588. The lowest BCUT2D eigenvalue weighted by Gasteiger charge is -2.04. The van der Waals surface area contributed by atoms with E-state index >= 15 is 0 Å². The van der Waals surface area contributed by atoms with Crippen molar-refractivity contribution in [3.63, 3.8) is 0 Å². The van der Waals surface area contributed by atoms with Gasteiger partial charge in [0.25, 0.3) is 0 Å². The lowest BCUT2D eigenvalue weighted by molar-refractivity contribution is -0.384. The summed E-state index contributed by atoms with van der Waals surface area (Å²) >= 11 is 0. The van der Waals surface area contributed by atoms with Crippen molar-refractivity contribution in [2.24, 2.45) is 0 Å². The summed E-state index contributed by atoms with van der Waals surface area (Å²) in [5.41, 5.74) is -0.644. The molecule has 2 N–H and O–H groups in total. The molecule has 0 aliphatic rings. The van der Waals surface area contributed by atoms with Gasteiger partial charge in [0.1, 0.15) is 0 Å². The third kappa shape index (κ3) is 2.80. The third-order valence-corrected chi connectivity index (χ3v) is 2.11. The normalized spacial score (nSPS) is 10.1. The van der Waals surface area contributed by atoms with E-state index in [1.807, 2.05) is 0 Å². The molecule has 0 radical (unpaired) electrons. The minimum Gasteiger partial charge on any atom is -0.477 e. The summed E-state index contributed by atoms with van der Waals surface area (Å²) in [6.07, 6.45) is 1.10. The highest BCUT2D eigenvalue weighted by atomic mass is 16.6. The second-order valence-electron chi connectivity index (χ2n) is 3.33. The largest absolute Gasteiger partial charge is 0.477 e. The molecule has 0 aromatic carbocycles. The van der Waals surface area contributed by atoms with Crippen LogP contribution in [0.25, 0.3) is 0 Å². The van der Waals surface area contributed by atoms with E-state index in [2.05, 4.69) is 25.0 Å². The second kappa shape index (κ2) is 5.08. The molecule has 98 valence electrons. The monoisotopic (exact) mass is 265 g/mol. The van der Waals surface area contributed by atoms with Gasteiger partial charge in [0.05, 0.1) is 11.5 Å². The van der Waals surface area contributed by atoms with Crippen molar-refractivity contribution >= 4 is 17.5 Å². The number of hydrogen-bond donors (Lipinski definition) is 2. The first kappa shape index (κ1) is 12.4. The van der Waals surface area contributed by atoms with Gasteiger partial charge in [-0.15, -0.1) is 0 Å². The summed E-state index contributed by atoms with van der Waals surface area (Å²) in [6, 6.07) is 2.12. The Kier molecular flexibility index (Phi) is 3.32. The Labute approximate surface area is 105 Å². The van der Waals surface area contributed by atoms with Crippen molar-refractivity contribution in [3.8, 4) is 0 Å². The Morgan fingerprint density at radius 2 is 2.32 bits per heavy atom. The fraction of sp³-hybridized carbons (Fsp3) is 0.111. The highest BCUT2D eigenvalue weighted by molar-refractivity contribution is 5.86. The molecule has 2 heterocycles. The summed E-state index contributed by atoms with van der Waals surface area (Å²) in [7, 11) is 0. The van der Waals surface area contributed by atoms with Crippen molar-refractivity contribution in [3.05, 3.63) is 40.2 Å². The third-order valence-electron chi connectivity index (χ3n) is 2.11. The van der Waals surface area contributed by atoms with Crippen molar-refractivity contribution in [2.45, 2.75) is 6.54 Å². The van der Waals surface area contributed by atoms with E-state index in [0.717, 1.165) is 18.5 Å². The van der Waals surface area contributed by atoms with Crippen LogP contribution in [0.2, 0.25) is 0 Å². The van der Waals surface area contributed by atoms with Crippen molar-refractivity contribution in [2.75, 3.05) is 5.32 Å². The van der Waals surface area contributed by atoms with Gasteiger partial charge in [0.2, 0.25) is 12.2 Å². The van der Waals surface area contributed by atoms with Crippen LogP contribution < -0.4 is 5.32 Å². The highest BCUT2D eigenvalue weighted by Crippen LogP contribution is 2.22. The van der Waals surface area contributed by atoms with Crippen molar-refractivity contribution in [1.29, 1.82) is 0 Å². The van der Waals surface area contributed by atoms with Gasteiger partial charge in [-0.1, -0.05) is 5.16 Å². The summed E-state index contributed by atoms with van der Waals surface area (Å²) in [5.74, 6) is -1.19. The Morgan fingerprint density at radius 3 is 2.89 bits per heavy atom. The van der Waals surface area contributed by atoms with Crippen LogP contribution in [-0.4, -0.2) is 31.1 Å². The number of aromatic nitrogens is 3. The number of nitrogens with one attached hydrogen (secondary N) is 1. The average Bonchev–Trinajstić information content (AvgIpc) is 2.88. The van der Waals surface area contributed by atoms with Gasteiger partial charge in [0, 0.05) is 6.07 Å². The zero-order valence-electron chi connectivity index (χ0n) is 9.31. The Bertz CT molecular complexity index is 611. The first-order valence-electron chi connectivity index (χ1n) is 4.96. The van der Waals surface area contributed by atoms with Crippen LogP contribution in [0.5, 0.6) is 0 Å². The number of aromatic carboxylic acids is 1. The molecule has 10 nitrogen and oxygen atoms in total. The van der Waals surface area contributed by atoms with E-state index in [1.54, 1.807) is 0 Å². The molecule has 0 aliphatic carbocycles. The van der Waals surface area contributed by atoms with Gasteiger partial charge in [0.15, 0.2) is 11.5 Å². The molecule has 0 aliphatic heterocycles. The van der Waals surface area contributed by atoms with Crippen LogP contribution in [0.3, 0.4) is 0 Å². The number of carbonyl (C=O) groups is 1. The minimum atomic E-state index is -1.28. The SMILES string of the molecule is O=C(O)c1ccc([N+](=O)[O-])c(NCc2ncon2)n1. The Hall–Kier alpha value is -3.04. The number of hydrogen-bond acceptors (Lipinski definition) is 8. The molecule has 0 fully saturated rings. The molecule has 0 spiro atoms. The molecule has 0 bridgehead atoms. The molecular formula is C9H7N5O5. The fourth-order valence-electron chi connectivity index (χ4n) is 1.28. The van der Waals surface area contributed by atoms with Crippen LogP contribution >= 0.6 is 0 Å². The lowest BCUT2D eigenvalue weighted by atomic mass is 10.3. The molecule has 0 saturated heterocycles. The lowest BCUT2D eigenvalue weighted by Crippen LogP contribution is -2.09. The van der Waals surface area contributed by atoms with E-state index in [0.29, 0.717) is 0 Å². The first-order chi connectivity index (χ1) is 9.08. The van der Waals surface area contributed by atoms with E-state index in [9.17, 15) is 14.9 Å². The maximum Gasteiger partial charge on any atom is 0.354 e. The van der Waals surface area contributed by atoms with E-state index in [4.69, 9.17) is 5.11 Å². The van der Waals surface area contributed by atoms with Crippen molar-refractivity contribution < 1.29 is 19.3 Å². The minimum absolute atomic E-state index is 0.0212. The maximum absolute atomic E-state index is 10.8. The number of anilines is 1. The van der Waals surface area contributed by atoms with Gasteiger partial charge < -0.3 is 14.9 Å². The number of pyridine rings is 1. The summed E-state index contributed by atoms with van der Waals surface area (Å²) in [6.45, 7) is 0.0212. The number of rotatable bonds is 5. The molecule has 0 saturated carbocycles. The predicted octanol–water partition coefficient (Wildman–Crippen LogP) is 0.683. The number of nitrogens with zero attached hydrogens (tertiary/aromatic N) is 4.